The number of hydrogen-bond donors (Lipinski definition) is 2. The molecule has 10 heteroatoms. The molecule has 4 heterocycles. The fraction of sp³-hybridized carbons (Fsp3) is 0.300. The topological polar surface area (TPSA) is 122 Å². The maximum absolute atomic E-state index is 5.81. The molecule has 1 fully saturated rings. The van der Waals surface area contributed by atoms with Crippen molar-refractivity contribution in [2.45, 2.75) is 24.8 Å². The van der Waals surface area contributed by atoms with E-state index in [9.17, 15) is 0 Å². The molecule has 6 rings (SSSR count). The first-order valence-corrected chi connectivity index (χ1v) is 9.92. The van der Waals surface area contributed by atoms with Crippen LogP contribution in [0.1, 0.15) is 22.7 Å². The van der Waals surface area contributed by atoms with Gasteiger partial charge in [-0.3, -0.25) is 5.10 Å². The second kappa shape index (κ2) is 6.90. The van der Waals surface area contributed by atoms with E-state index in [1.165, 1.54) is 11.1 Å². The second-order valence-electron chi connectivity index (χ2n) is 7.70. The molecule has 1 aromatic carbocycles. The Hall–Kier alpha value is -3.82. The highest BCUT2D eigenvalue weighted by Crippen LogP contribution is 2.31. The summed E-state index contributed by atoms with van der Waals surface area (Å²) in [4.78, 5) is 10.9. The van der Waals surface area contributed by atoms with E-state index in [0.29, 0.717) is 35.4 Å². The average Bonchev–Trinajstić information content (AvgIpc) is 3.48. The third kappa shape index (κ3) is 3.06. The highest BCUT2D eigenvalue weighted by atomic mass is 16.4. The highest BCUT2D eigenvalue weighted by Gasteiger charge is 2.33. The van der Waals surface area contributed by atoms with Gasteiger partial charge in [-0.05, 0) is 24.0 Å². The second-order valence-corrected chi connectivity index (χ2v) is 7.70. The van der Waals surface area contributed by atoms with Crippen molar-refractivity contribution < 1.29 is 4.42 Å². The molecule has 0 bridgehead atoms. The molecular formula is C20H19N9O. The molecule has 4 aromatic rings. The van der Waals surface area contributed by atoms with E-state index in [0.717, 1.165) is 31.6 Å². The molecule has 0 unspecified atom stereocenters. The predicted molar refractivity (Wildman–Crippen MR) is 108 cm³/mol. The number of rotatable bonds is 5. The van der Waals surface area contributed by atoms with Crippen LogP contribution < -0.4 is 10.2 Å². The van der Waals surface area contributed by atoms with E-state index in [2.05, 4.69) is 65.2 Å². The average molecular weight is 401 g/mol. The summed E-state index contributed by atoms with van der Waals surface area (Å²) in [5.74, 6) is 1.35. The van der Waals surface area contributed by atoms with Crippen LogP contribution in [0.15, 0.2) is 47.3 Å². The summed E-state index contributed by atoms with van der Waals surface area (Å²) in [5.41, 5.74) is 4.43. The van der Waals surface area contributed by atoms with Crippen LogP contribution in [-0.4, -0.2) is 54.7 Å². The molecule has 2 N–H and O–H groups in total. The smallest absolute Gasteiger partial charge is 0.318 e. The third-order valence-electron chi connectivity index (χ3n) is 5.70. The van der Waals surface area contributed by atoms with Gasteiger partial charge in [0.2, 0.25) is 5.95 Å². The van der Waals surface area contributed by atoms with Crippen LogP contribution in [0.5, 0.6) is 0 Å². The Bertz CT molecular complexity index is 1120. The van der Waals surface area contributed by atoms with Crippen LogP contribution in [0.2, 0.25) is 0 Å². The maximum Gasteiger partial charge on any atom is 0.318 e. The lowest BCUT2D eigenvalue weighted by molar-refractivity contribution is 0.449. The number of H-pyrrole nitrogens is 1. The molecule has 0 radical (unpaired) electrons. The van der Waals surface area contributed by atoms with Crippen LogP contribution in [0, 0.1) is 0 Å². The molecule has 1 aliphatic heterocycles. The standard InChI is InChI=1S/C20H19N9O/c1-2-4-13-6-16(5-12(13)3-1)24-19-21-7-14(8-22-19)18-26-27-20(30-18)29-10-15(11-29)17-9-23-28-25-17/h1-4,7-9,15-16H,5-6,10-11H2,(H,21,22,24)(H,23,25,28). The van der Waals surface area contributed by atoms with Gasteiger partial charge in [-0.1, -0.05) is 34.6 Å². The zero-order valence-electron chi connectivity index (χ0n) is 16.1. The number of nitrogens with one attached hydrogen (secondary N) is 2. The van der Waals surface area contributed by atoms with E-state index in [1.54, 1.807) is 12.4 Å². The van der Waals surface area contributed by atoms with Crippen molar-refractivity contribution in [2.75, 3.05) is 23.3 Å². The summed E-state index contributed by atoms with van der Waals surface area (Å²) in [6.45, 7) is 1.55. The largest absolute Gasteiger partial charge is 0.403 e. The zero-order valence-corrected chi connectivity index (χ0v) is 16.1. The Morgan fingerprint density at radius 1 is 1.00 bits per heavy atom. The van der Waals surface area contributed by atoms with Gasteiger partial charge in [-0.2, -0.15) is 0 Å². The van der Waals surface area contributed by atoms with E-state index < -0.39 is 0 Å². The van der Waals surface area contributed by atoms with Gasteiger partial charge in [0.15, 0.2) is 0 Å². The van der Waals surface area contributed by atoms with Gasteiger partial charge >= 0.3 is 6.01 Å². The zero-order chi connectivity index (χ0) is 19.9. The summed E-state index contributed by atoms with van der Waals surface area (Å²) < 4.78 is 5.81. The molecule has 30 heavy (non-hydrogen) atoms. The molecule has 0 spiro atoms. The van der Waals surface area contributed by atoms with Crippen molar-refractivity contribution in [1.82, 2.24) is 35.6 Å². The van der Waals surface area contributed by atoms with Gasteiger partial charge in [-0.25, -0.2) is 9.97 Å². The number of hydrogen-bond acceptors (Lipinski definition) is 9. The van der Waals surface area contributed by atoms with Gasteiger partial charge in [0.25, 0.3) is 5.89 Å². The first-order chi connectivity index (χ1) is 14.8. The molecule has 0 saturated carbocycles. The van der Waals surface area contributed by atoms with Crippen LogP contribution in [0.25, 0.3) is 11.5 Å². The number of fused-ring (bicyclic) bond motifs is 1. The summed E-state index contributed by atoms with van der Waals surface area (Å²) in [6, 6.07) is 9.34. The lowest BCUT2D eigenvalue weighted by atomic mass is 9.98. The third-order valence-corrected chi connectivity index (χ3v) is 5.70. The van der Waals surface area contributed by atoms with E-state index in [-0.39, 0.29) is 0 Å². The van der Waals surface area contributed by atoms with Gasteiger partial charge in [0.1, 0.15) is 0 Å². The predicted octanol–water partition coefficient (Wildman–Crippen LogP) is 1.83. The normalized spacial score (nSPS) is 16.5. The molecule has 3 aromatic heterocycles. The number of benzene rings is 1. The van der Waals surface area contributed by atoms with Crippen LogP contribution in [0.4, 0.5) is 12.0 Å². The lowest BCUT2D eigenvalue weighted by Gasteiger charge is -2.36. The summed E-state index contributed by atoms with van der Waals surface area (Å²) >= 11 is 0. The first-order valence-electron chi connectivity index (χ1n) is 9.92. The fourth-order valence-electron chi connectivity index (χ4n) is 4.05. The highest BCUT2D eigenvalue weighted by molar-refractivity contribution is 5.52. The van der Waals surface area contributed by atoms with Crippen molar-refractivity contribution >= 4 is 12.0 Å². The number of nitrogens with zero attached hydrogens (tertiary/aromatic N) is 7. The van der Waals surface area contributed by atoms with Gasteiger partial charge in [0, 0.05) is 43.6 Å². The maximum atomic E-state index is 5.81. The molecule has 1 aliphatic carbocycles. The molecule has 0 amide bonds. The molecule has 150 valence electrons. The molecular weight excluding hydrogens is 382 g/mol. The van der Waals surface area contributed by atoms with E-state index in [4.69, 9.17) is 4.42 Å². The SMILES string of the molecule is c1ccc2c(c1)CC(Nc1ncc(-c3nnc(N4CC(c5c[nH]nn5)C4)o3)cn1)C2. The van der Waals surface area contributed by atoms with Crippen LogP contribution in [0.3, 0.4) is 0 Å². The van der Waals surface area contributed by atoms with Gasteiger partial charge in [-0.15, -0.1) is 10.2 Å². The van der Waals surface area contributed by atoms with Gasteiger partial charge in [0.05, 0.1) is 11.3 Å². The Morgan fingerprint density at radius 3 is 2.47 bits per heavy atom. The Labute approximate surface area is 171 Å². The summed E-state index contributed by atoms with van der Waals surface area (Å²) in [6.07, 6.45) is 7.21. The number of aromatic amines is 1. The molecule has 0 atom stereocenters. The number of anilines is 2. The van der Waals surface area contributed by atoms with Crippen molar-refractivity contribution in [3.05, 3.63) is 59.7 Å². The minimum Gasteiger partial charge on any atom is -0.403 e. The Balaban J connectivity index is 1.09. The fourth-order valence-corrected chi connectivity index (χ4v) is 4.05. The number of aromatic nitrogens is 7. The molecule has 10 nitrogen and oxygen atoms in total. The van der Waals surface area contributed by atoms with Crippen molar-refractivity contribution in [3.63, 3.8) is 0 Å². The molecule has 2 aliphatic rings. The molecule has 1 saturated heterocycles. The van der Waals surface area contributed by atoms with Gasteiger partial charge < -0.3 is 14.6 Å². The first kappa shape index (κ1) is 17.1. The summed E-state index contributed by atoms with van der Waals surface area (Å²) in [5, 5.41) is 22.3. The Morgan fingerprint density at radius 2 is 1.77 bits per heavy atom. The van der Waals surface area contributed by atoms with Crippen molar-refractivity contribution in [1.29, 1.82) is 0 Å². The minimum atomic E-state index is 0.312. The monoisotopic (exact) mass is 401 g/mol. The van der Waals surface area contributed by atoms with Crippen LogP contribution >= 0.6 is 0 Å². The summed E-state index contributed by atoms with van der Waals surface area (Å²) in [7, 11) is 0. The lowest BCUT2D eigenvalue weighted by Crippen LogP contribution is -2.45. The van der Waals surface area contributed by atoms with E-state index >= 15 is 0 Å². The van der Waals surface area contributed by atoms with Crippen molar-refractivity contribution in [3.8, 4) is 11.5 Å². The quantitative estimate of drug-likeness (QED) is 0.516. The van der Waals surface area contributed by atoms with E-state index in [1.807, 2.05) is 11.1 Å². The van der Waals surface area contributed by atoms with Crippen molar-refractivity contribution in [2.24, 2.45) is 0 Å². The minimum absolute atomic E-state index is 0.312. The van der Waals surface area contributed by atoms with Crippen LogP contribution in [-0.2, 0) is 12.8 Å². The Kier molecular flexibility index (Phi) is 3.93.